The fourth-order valence-corrected chi connectivity index (χ4v) is 3.21. The summed E-state index contributed by atoms with van der Waals surface area (Å²) < 4.78 is 20.1. The van der Waals surface area contributed by atoms with Gasteiger partial charge in [-0.2, -0.15) is 5.10 Å². The number of carbonyl (C=O) groups excluding carboxylic acids is 2. The van der Waals surface area contributed by atoms with Crippen LogP contribution in [0, 0.1) is 12.7 Å². The van der Waals surface area contributed by atoms with Gasteiger partial charge in [-0.25, -0.2) is 9.18 Å². The van der Waals surface area contributed by atoms with E-state index in [4.69, 9.17) is 22.7 Å². The topological polar surface area (TPSA) is 109 Å². The number of hydrogen-bond acceptors (Lipinski definition) is 5. The number of thiocarbonyl (C=S) groups is 1. The van der Waals surface area contributed by atoms with E-state index in [2.05, 4.69) is 15.8 Å². The third kappa shape index (κ3) is 5.54. The molecule has 1 saturated heterocycles. The average Bonchev–Trinajstić information content (AvgIpc) is 3.08. The molecule has 1 heterocycles. The van der Waals surface area contributed by atoms with Crippen LogP contribution >= 0.6 is 12.2 Å². The highest BCUT2D eigenvalue weighted by Crippen LogP contribution is 2.30. The van der Waals surface area contributed by atoms with Gasteiger partial charge in [0.15, 0.2) is 5.11 Å². The van der Waals surface area contributed by atoms with Gasteiger partial charge in [0, 0.05) is 12.5 Å². The van der Waals surface area contributed by atoms with Crippen LogP contribution < -0.4 is 21.4 Å². The number of ether oxygens (including phenoxy) is 1. The van der Waals surface area contributed by atoms with Crippen molar-refractivity contribution < 1.29 is 18.7 Å². The van der Waals surface area contributed by atoms with Gasteiger partial charge in [0.1, 0.15) is 11.9 Å². The molecule has 8 nitrogen and oxygen atoms in total. The smallest absolute Gasteiger partial charge is 0.414 e. The first-order valence-corrected chi connectivity index (χ1v) is 9.87. The van der Waals surface area contributed by atoms with Crippen LogP contribution in [-0.2, 0) is 9.53 Å². The summed E-state index contributed by atoms with van der Waals surface area (Å²) in [7, 11) is 0. The van der Waals surface area contributed by atoms with Crippen molar-refractivity contribution in [1.29, 1.82) is 0 Å². The molecular formula is C21H22FN5O3S. The number of carbonyl (C=O) groups is 2. The van der Waals surface area contributed by atoms with Crippen LogP contribution in [0.4, 0.5) is 14.9 Å². The van der Waals surface area contributed by atoms with Gasteiger partial charge < -0.3 is 15.8 Å². The summed E-state index contributed by atoms with van der Waals surface area (Å²) in [4.78, 5) is 24.5. The molecule has 0 unspecified atom stereocenters. The Labute approximate surface area is 184 Å². The summed E-state index contributed by atoms with van der Waals surface area (Å²) in [5.74, 6) is -0.678. The zero-order valence-corrected chi connectivity index (χ0v) is 17.8. The van der Waals surface area contributed by atoms with Gasteiger partial charge in [-0.1, -0.05) is 18.2 Å². The van der Waals surface area contributed by atoms with Crippen LogP contribution in [0.25, 0.3) is 11.1 Å². The van der Waals surface area contributed by atoms with Gasteiger partial charge in [-0.15, -0.1) is 0 Å². The molecule has 10 heteroatoms. The lowest BCUT2D eigenvalue weighted by Gasteiger charge is -2.15. The van der Waals surface area contributed by atoms with E-state index < -0.39 is 18.0 Å². The molecule has 0 spiro atoms. The molecule has 0 radical (unpaired) electrons. The highest BCUT2D eigenvalue weighted by atomic mass is 32.1. The second kappa shape index (κ2) is 9.52. The van der Waals surface area contributed by atoms with E-state index in [-0.39, 0.29) is 24.1 Å². The number of rotatable bonds is 6. The van der Waals surface area contributed by atoms with Crippen LogP contribution in [0.15, 0.2) is 41.5 Å². The number of nitrogens with one attached hydrogen (secondary N) is 2. The first-order chi connectivity index (χ1) is 14.7. The third-order valence-corrected chi connectivity index (χ3v) is 4.77. The summed E-state index contributed by atoms with van der Waals surface area (Å²) in [5, 5.41) is 6.60. The van der Waals surface area contributed by atoms with Gasteiger partial charge in [0.25, 0.3) is 0 Å². The summed E-state index contributed by atoms with van der Waals surface area (Å²) >= 11 is 4.69. The van der Waals surface area contributed by atoms with Crippen molar-refractivity contribution in [3.63, 3.8) is 0 Å². The van der Waals surface area contributed by atoms with Crippen molar-refractivity contribution >= 4 is 41.2 Å². The Balaban J connectivity index is 1.76. The lowest BCUT2D eigenvalue weighted by molar-refractivity contribution is -0.119. The molecule has 0 bridgehead atoms. The number of anilines is 1. The van der Waals surface area contributed by atoms with Crippen LogP contribution in [0.5, 0.6) is 0 Å². The van der Waals surface area contributed by atoms with Crippen molar-refractivity contribution in [1.82, 2.24) is 10.7 Å². The fourth-order valence-electron chi connectivity index (χ4n) is 3.16. The van der Waals surface area contributed by atoms with E-state index in [1.54, 1.807) is 24.4 Å². The summed E-state index contributed by atoms with van der Waals surface area (Å²) in [6, 6.07) is 10.0. The minimum absolute atomic E-state index is 0.0657. The number of hydrazone groups is 1. The van der Waals surface area contributed by atoms with Crippen LogP contribution in [-0.4, -0.2) is 42.5 Å². The average molecular weight is 444 g/mol. The van der Waals surface area contributed by atoms with E-state index in [9.17, 15) is 14.0 Å². The third-order valence-electron chi connectivity index (χ3n) is 4.68. The molecule has 31 heavy (non-hydrogen) atoms. The van der Waals surface area contributed by atoms with Crippen LogP contribution in [0.3, 0.4) is 0 Å². The standard InChI is InChI=1S/C21H22FN5O3S/c1-12-7-14(3-4-15(12)9-25-26-20(23)31)18-6-5-16(8-19(18)22)27-11-17(30-21(27)29)10-24-13(2)28/h3-9,17H,10-11H2,1-2H3,(H,24,28)(H3,23,26,31)/t17-/m0/s1. The zero-order chi connectivity index (χ0) is 22.5. The highest BCUT2D eigenvalue weighted by Gasteiger charge is 2.32. The van der Waals surface area contributed by atoms with Crippen molar-refractivity contribution in [2.75, 3.05) is 18.0 Å². The molecule has 0 aliphatic carbocycles. The number of aryl methyl sites for hydroxylation is 1. The predicted molar refractivity (Wildman–Crippen MR) is 120 cm³/mol. The van der Waals surface area contributed by atoms with Crippen molar-refractivity contribution in [3.8, 4) is 11.1 Å². The number of cyclic esters (lactones) is 1. The predicted octanol–water partition coefficient (Wildman–Crippen LogP) is 2.43. The van der Waals surface area contributed by atoms with Gasteiger partial charge in [0.05, 0.1) is 25.0 Å². The number of hydrogen-bond donors (Lipinski definition) is 3. The second-order valence-corrected chi connectivity index (χ2v) is 7.46. The van der Waals surface area contributed by atoms with Crippen molar-refractivity contribution in [2.45, 2.75) is 20.0 Å². The highest BCUT2D eigenvalue weighted by molar-refractivity contribution is 7.80. The molecule has 4 N–H and O–H groups in total. The molecule has 2 aromatic rings. The van der Waals surface area contributed by atoms with E-state index in [0.29, 0.717) is 16.8 Å². The SMILES string of the molecule is CC(=O)NC[C@H]1CN(c2ccc(-c3ccc(C=NNC(N)=S)c(C)c3)c(F)c2)C(=O)O1. The Morgan fingerprint density at radius 3 is 2.81 bits per heavy atom. The number of nitrogens with zero attached hydrogens (tertiary/aromatic N) is 2. The molecule has 2 aromatic carbocycles. The van der Waals surface area contributed by atoms with Crippen LogP contribution in [0.2, 0.25) is 0 Å². The van der Waals surface area contributed by atoms with Gasteiger partial charge in [-0.05, 0) is 54.0 Å². The normalized spacial score (nSPS) is 15.8. The van der Waals surface area contributed by atoms with Gasteiger partial charge >= 0.3 is 6.09 Å². The lowest BCUT2D eigenvalue weighted by Crippen LogP contribution is -2.33. The molecule has 1 fully saturated rings. The molecule has 1 aliphatic heterocycles. The van der Waals surface area contributed by atoms with E-state index in [1.807, 2.05) is 19.1 Å². The molecule has 0 saturated carbocycles. The monoisotopic (exact) mass is 443 g/mol. The number of halogens is 1. The number of nitrogens with two attached hydrogens (primary N) is 1. The Hall–Kier alpha value is -3.53. The van der Waals surface area contributed by atoms with Crippen molar-refractivity contribution in [2.24, 2.45) is 10.8 Å². The Morgan fingerprint density at radius 1 is 1.39 bits per heavy atom. The van der Waals surface area contributed by atoms with E-state index in [1.165, 1.54) is 17.9 Å². The Kier molecular flexibility index (Phi) is 6.81. The quantitative estimate of drug-likeness (QED) is 0.359. The fraction of sp³-hybridized carbons (Fsp3) is 0.238. The van der Waals surface area contributed by atoms with Gasteiger partial charge in [0.2, 0.25) is 5.91 Å². The molecule has 1 aliphatic rings. The Morgan fingerprint density at radius 2 is 2.16 bits per heavy atom. The molecule has 0 aromatic heterocycles. The summed E-state index contributed by atoms with van der Waals surface area (Å²) in [6.07, 6.45) is 0.514. The maximum Gasteiger partial charge on any atom is 0.414 e. The number of benzene rings is 2. The van der Waals surface area contributed by atoms with E-state index >= 15 is 0 Å². The number of amides is 2. The van der Waals surface area contributed by atoms with Gasteiger partial charge in [-0.3, -0.25) is 15.1 Å². The lowest BCUT2D eigenvalue weighted by atomic mass is 9.99. The first-order valence-electron chi connectivity index (χ1n) is 9.46. The minimum Gasteiger partial charge on any atom is -0.442 e. The van der Waals surface area contributed by atoms with E-state index in [0.717, 1.165) is 11.1 Å². The maximum atomic E-state index is 14.9. The zero-order valence-electron chi connectivity index (χ0n) is 17.0. The summed E-state index contributed by atoms with van der Waals surface area (Å²) in [5.41, 5.74) is 11.0. The maximum absolute atomic E-state index is 14.9. The molecule has 3 rings (SSSR count). The minimum atomic E-state index is -0.576. The molecule has 162 valence electrons. The molecular weight excluding hydrogens is 421 g/mol. The molecule has 2 amide bonds. The second-order valence-electron chi connectivity index (χ2n) is 7.02. The first kappa shape index (κ1) is 22.2. The Bertz CT molecular complexity index is 1060. The summed E-state index contributed by atoms with van der Waals surface area (Å²) in [6.45, 7) is 3.70. The largest absolute Gasteiger partial charge is 0.442 e. The van der Waals surface area contributed by atoms with Crippen LogP contribution in [0.1, 0.15) is 18.1 Å². The molecule has 1 atom stereocenters. The van der Waals surface area contributed by atoms with Crippen molar-refractivity contribution in [3.05, 3.63) is 53.3 Å².